The van der Waals surface area contributed by atoms with Crippen LogP contribution >= 0.6 is 15.9 Å². The van der Waals surface area contributed by atoms with Gasteiger partial charge in [-0.1, -0.05) is 28.6 Å². The molecule has 1 aromatic carbocycles. The molecule has 76 valence electrons. The normalized spacial score (nSPS) is 9.93. The van der Waals surface area contributed by atoms with Crippen LogP contribution in [0.1, 0.15) is 12.0 Å². The van der Waals surface area contributed by atoms with Crippen LogP contribution in [0.25, 0.3) is 5.57 Å². The molecule has 0 aromatic heterocycles. The van der Waals surface area contributed by atoms with Crippen molar-refractivity contribution in [1.82, 2.24) is 0 Å². The minimum absolute atomic E-state index is 0.601. The number of rotatable bonds is 4. The summed E-state index contributed by atoms with van der Waals surface area (Å²) < 4.78 is 6.26. The van der Waals surface area contributed by atoms with Crippen molar-refractivity contribution in [3.8, 4) is 5.75 Å². The highest BCUT2D eigenvalue weighted by Crippen LogP contribution is 2.33. The summed E-state index contributed by atoms with van der Waals surface area (Å²) in [4.78, 5) is 0. The summed E-state index contributed by atoms with van der Waals surface area (Å²) in [5.41, 5.74) is 7.50. The first-order valence-corrected chi connectivity index (χ1v) is 5.20. The van der Waals surface area contributed by atoms with Gasteiger partial charge in [-0.25, -0.2) is 0 Å². The predicted octanol–water partition coefficient (Wildman–Crippen LogP) is 2.82. The fourth-order valence-electron chi connectivity index (χ4n) is 1.32. The van der Waals surface area contributed by atoms with E-state index in [1.807, 2.05) is 18.2 Å². The van der Waals surface area contributed by atoms with Gasteiger partial charge in [-0.2, -0.15) is 0 Å². The molecule has 0 aliphatic rings. The van der Waals surface area contributed by atoms with E-state index in [2.05, 4.69) is 22.5 Å². The summed E-state index contributed by atoms with van der Waals surface area (Å²) in [6.45, 7) is 4.59. The molecule has 0 aliphatic carbocycles. The highest BCUT2D eigenvalue weighted by atomic mass is 79.9. The van der Waals surface area contributed by atoms with Gasteiger partial charge < -0.3 is 10.5 Å². The average Bonchev–Trinajstić information content (AvgIpc) is 2.17. The highest BCUT2D eigenvalue weighted by Gasteiger charge is 2.09. The third-order valence-electron chi connectivity index (χ3n) is 1.99. The van der Waals surface area contributed by atoms with Crippen LogP contribution in [0.15, 0.2) is 29.3 Å². The minimum atomic E-state index is 0.601. The van der Waals surface area contributed by atoms with Gasteiger partial charge in [-0.15, -0.1) is 0 Å². The Hall–Kier alpha value is -0.800. The second-order valence-corrected chi connectivity index (χ2v) is 3.81. The zero-order chi connectivity index (χ0) is 10.6. The summed E-state index contributed by atoms with van der Waals surface area (Å²) >= 11 is 3.48. The van der Waals surface area contributed by atoms with E-state index in [0.717, 1.165) is 27.8 Å². The third-order valence-corrected chi connectivity index (χ3v) is 2.66. The molecular formula is C11H14BrNO. The van der Waals surface area contributed by atoms with Gasteiger partial charge in [0.05, 0.1) is 7.11 Å². The fourth-order valence-corrected chi connectivity index (χ4v) is 1.95. The van der Waals surface area contributed by atoms with Gasteiger partial charge in [0.15, 0.2) is 0 Å². The standard InChI is InChI=1S/C11H14BrNO/c1-8(6-7-13)11-9(12)4-3-5-10(11)14-2/h3-5H,1,6-7,13H2,2H3. The van der Waals surface area contributed by atoms with Gasteiger partial charge in [0, 0.05) is 10.0 Å². The number of hydrogen-bond acceptors (Lipinski definition) is 2. The molecule has 0 bridgehead atoms. The Bertz CT molecular complexity index is 336. The molecular weight excluding hydrogens is 242 g/mol. The van der Waals surface area contributed by atoms with Crippen molar-refractivity contribution in [2.45, 2.75) is 6.42 Å². The molecule has 0 saturated carbocycles. The van der Waals surface area contributed by atoms with Gasteiger partial charge in [0.2, 0.25) is 0 Å². The summed E-state index contributed by atoms with van der Waals surface area (Å²) in [7, 11) is 1.65. The highest BCUT2D eigenvalue weighted by molar-refractivity contribution is 9.10. The van der Waals surface area contributed by atoms with Gasteiger partial charge in [0.25, 0.3) is 0 Å². The van der Waals surface area contributed by atoms with Gasteiger partial charge in [-0.3, -0.25) is 0 Å². The van der Waals surface area contributed by atoms with E-state index >= 15 is 0 Å². The Labute approximate surface area is 92.9 Å². The molecule has 0 unspecified atom stereocenters. The molecule has 0 radical (unpaired) electrons. The van der Waals surface area contributed by atoms with E-state index in [-0.39, 0.29) is 0 Å². The lowest BCUT2D eigenvalue weighted by Crippen LogP contribution is -2.01. The van der Waals surface area contributed by atoms with Crippen LogP contribution in [0.3, 0.4) is 0 Å². The zero-order valence-electron chi connectivity index (χ0n) is 8.22. The molecule has 2 N–H and O–H groups in total. The smallest absolute Gasteiger partial charge is 0.127 e. The molecule has 1 aromatic rings. The Morgan fingerprint density at radius 3 is 2.86 bits per heavy atom. The second kappa shape index (κ2) is 5.17. The molecule has 1 rings (SSSR count). The summed E-state index contributed by atoms with van der Waals surface area (Å²) in [5, 5.41) is 0. The second-order valence-electron chi connectivity index (χ2n) is 2.96. The molecule has 0 fully saturated rings. The first-order chi connectivity index (χ1) is 6.70. The summed E-state index contributed by atoms with van der Waals surface area (Å²) in [6, 6.07) is 5.82. The monoisotopic (exact) mass is 255 g/mol. The first kappa shape index (κ1) is 11.3. The summed E-state index contributed by atoms with van der Waals surface area (Å²) in [5.74, 6) is 0.831. The maximum absolute atomic E-state index is 5.49. The number of nitrogens with two attached hydrogens (primary N) is 1. The molecule has 0 saturated heterocycles. The molecule has 14 heavy (non-hydrogen) atoms. The van der Waals surface area contributed by atoms with Crippen LogP contribution in [-0.4, -0.2) is 13.7 Å². The first-order valence-electron chi connectivity index (χ1n) is 4.41. The van der Waals surface area contributed by atoms with Crippen LogP contribution in [0.2, 0.25) is 0 Å². The zero-order valence-corrected chi connectivity index (χ0v) is 9.80. The van der Waals surface area contributed by atoms with Crippen LogP contribution in [0, 0.1) is 0 Å². The molecule has 0 amide bonds. The predicted molar refractivity (Wildman–Crippen MR) is 63.4 cm³/mol. The number of benzene rings is 1. The molecule has 0 atom stereocenters. The Morgan fingerprint density at radius 2 is 2.29 bits per heavy atom. The average molecular weight is 256 g/mol. The van der Waals surface area contributed by atoms with Crippen molar-refractivity contribution in [1.29, 1.82) is 0 Å². The number of hydrogen-bond donors (Lipinski definition) is 1. The molecule has 0 spiro atoms. The van der Waals surface area contributed by atoms with E-state index in [0.29, 0.717) is 6.54 Å². The van der Waals surface area contributed by atoms with Gasteiger partial charge >= 0.3 is 0 Å². The van der Waals surface area contributed by atoms with E-state index < -0.39 is 0 Å². The number of ether oxygens (including phenoxy) is 1. The quantitative estimate of drug-likeness (QED) is 0.899. The number of methoxy groups -OCH3 is 1. The van der Waals surface area contributed by atoms with Crippen LogP contribution in [0.4, 0.5) is 0 Å². The van der Waals surface area contributed by atoms with Crippen molar-refractivity contribution in [2.24, 2.45) is 5.73 Å². The maximum atomic E-state index is 5.49. The van der Waals surface area contributed by atoms with Crippen molar-refractivity contribution in [2.75, 3.05) is 13.7 Å². The Kier molecular flexibility index (Phi) is 4.17. The minimum Gasteiger partial charge on any atom is -0.496 e. The molecule has 3 heteroatoms. The van der Waals surface area contributed by atoms with E-state index in [9.17, 15) is 0 Å². The number of halogens is 1. The lowest BCUT2D eigenvalue weighted by atomic mass is 10.0. The lowest BCUT2D eigenvalue weighted by molar-refractivity contribution is 0.413. The fraction of sp³-hybridized carbons (Fsp3) is 0.273. The van der Waals surface area contributed by atoms with Gasteiger partial charge in [-0.05, 0) is 30.7 Å². The van der Waals surface area contributed by atoms with Crippen molar-refractivity contribution in [3.63, 3.8) is 0 Å². The topological polar surface area (TPSA) is 35.2 Å². The van der Waals surface area contributed by atoms with Crippen molar-refractivity contribution < 1.29 is 4.74 Å². The van der Waals surface area contributed by atoms with E-state index in [4.69, 9.17) is 10.5 Å². The van der Waals surface area contributed by atoms with Crippen LogP contribution in [-0.2, 0) is 0 Å². The summed E-state index contributed by atoms with van der Waals surface area (Å²) in [6.07, 6.45) is 0.777. The Balaban J connectivity index is 3.10. The molecule has 2 nitrogen and oxygen atoms in total. The van der Waals surface area contributed by atoms with E-state index in [1.54, 1.807) is 7.11 Å². The third kappa shape index (κ3) is 2.36. The largest absolute Gasteiger partial charge is 0.496 e. The molecule has 0 heterocycles. The van der Waals surface area contributed by atoms with Crippen molar-refractivity contribution >= 4 is 21.5 Å². The van der Waals surface area contributed by atoms with Crippen LogP contribution < -0.4 is 10.5 Å². The van der Waals surface area contributed by atoms with Crippen molar-refractivity contribution in [3.05, 3.63) is 34.8 Å². The van der Waals surface area contributed by atoms with Crippen LogP contribution in [0.5, 0.6) is 5.75 Å². The van der Waals surface area contributed by atoms with Gasteiger partial charge in [0.1, 0.15) is 5.75 Å². The maximum Gasteiger partial charge on any atom is 0.127 e. The SMILES string of the molecule is C=C(CCN)c1c(Br)cccc1OC. The Morgan fingerprint density at radius 1 is 1.57 bits per heavy atom. The lowest BCUT2D eigenvalue weighted by Gasteiger charge is -2.12. The van der Waals surface area contributed by atoms with E-state index in [1.165, 1.54) is 0 Å². The molecule has 0 aliphatic heterocycles.